The van der Waals surface area contributed by atoms with Gasteiger partial charge in [0.2, 0.25) is 0 Å². The normalized spacial score (nSPS) is 11.8. The molecule has 6 heteroatoms. The number of oxime groups is 1. The number of hydrogen-bond acceptors (Lipinski definition) is 5. The van der Waals surface area contributed by atoms with Crippen molar-refractivity contribution in [2.24, 2.45) is 5.16 Å². The first-order valence-corrected chi connectivity index (χ1v) is 7.82. The number of halogens is 1. The number of benzene rings is 1. The van der Waals surface area contributed by atoms with Crippen LogP contribution in [-0.2, 0) is 6.42 Å². The maximum Gasteiger partial charge on any atom is 0.154 e. The van der Waals surface area contributed by atoms with E-state index in [9.17, 15) is 0 Å². The molecule has 4 nitrogen and oxygen atoms in total. The van der Waals surface area contributed by atoms with Crippen molar-refractivity contribution in [2.45, 2.75) is 13.3 Å². The van der Waals surface area contributed by atoms with E-state index in [1.54, 1.807) is 36.6 Å². The van der Waals surface area contributed by atoms with E-state index in [1.165, 1.54) is 0 Å². The lowest BCUT2D eigenvalue weighted by Crippen LogP contribution is -1.94. The van der Waals surface area contributed by atoms with Crippen LogP contribution >= 0.6 is 22.9 Å². The lowest BCUT2D eigenvalue weighted by Gasteiger charge is -2.06. The fourth-order valence-corrected chi connectivity index (χ4v) is 3.32. The number of aromatic nitrogens is 1. The van der Waals surface area contributed by atoms with Gasteiger partial charge >= 0.3 is 0 Å². The molecule has 112 valence electrons. The molecule has 0 aliphatic heterocycles. The summed E-state index contributed by atoms with van der Waals surface area (Å²) in [7, 11) is 0. The van der Waals surface area contributed by atoms with Crippen LogP contribution in [0.15, 0.2) is 47.9 Å². The Morgan fingerprint density at radius 3 is 2.82 bits per heavy atom. The van der Waals surface area contributed by atoms with E-state index in [-0.39, 0.29) is 0 Å². The van der Waals surface area contributed by atoms with Crippen LogP contribution in [-0.4, -0.2) is 15.9 Å². The minimum atomic E-state index is 0.607. The van der Waals surface area contributed by atoms with E-state index in [4.69, 9.17) is 21.5 Å². The second-order valence-corrected chi connectivity index (χ2v) is 6.43. The third-order valence-electron chi connectivity index (χ3n) is 3.10. The highest BCUT2D eigenvalue weighted by Crippen LogP contribution is 2.34. The number of rotatable bonds is 4. The monoisotopic (exact) mass is 332 g/mol. The van der Waals surface area contributed by atoms with Gasteiger partial charge < -0.3 is 9.94 Å². The molecule has 3 rings (SSSR count). The smallest absolute Gasteiger partial charge is 0.154 e. The molecule has 0 saturated heterocycles. The van der Waals surface area contributed by atoms with Crippen molar-refractivity contribution < 1.29 is 9.94 Å². The number of ether oxygens (including phenoxy) is 1. The van der Waals surface area contributed by atoms with Crippen molar-refractivity contribution in [3.05, 3.63) is 52.6 Å². The van der Waals surface area contributed by atoms with Crippen molar-refractivity contribution in [3.8, 4) is 11.5 Å². The van der Waals surface area contributed by atoms with E-state index in [0.29, 0.717) is 28.7 Å². The van der Waals surface area contributed by atoms with Crippen LogP contribution in [0.1, 0.15) is 11.8 Å². The van der Waals surface area contributed by atoms with Gasteiger partial charge in [-0.25, -0.2) is 0 Å². The summed E-state index contributed by atoms with van der Waals surface area (Å²) in [6.45, 7) is 1.79. The molecule has 0 atom stereocenters. The summed E-state index contributed by atoms with van der Waals surface area (Å²) >= 11 is 7.49. The molecule has 2 heterocycles. The average Bonchev–Trinajstić information content (AvgIpc) is 2.93. The predicted octanol–water partition coefficient (Wildman–Crippen LogP) is 5.13. The van der Waals surface area contributed by atoms with Crippen LogP contribution in [0.25, 0.3) is 10.1 Å². The number of thiophene rings is 1. The van der Waals surface area contributed by atoms with Gasteiger partial charge in [0.25, 0.3) is 0 Å². The zero-order chi connectivity index (χ0) is 15.5. The van der Waals surface area contributed by atoms with Crippen LogP contribution in [0, 0.1) is 0 Å². The van der Waals surface area contributed by atoms with Gasteiger partial charge in [-0.15, -0.1) is 11.3 Å². The number of nitrogens with zero attached hydrogens (tertiary/aromatic N) is 2. The van der Waals surface area contributed by atoms with Crippen LogP contribution in [0.5, 0.6) is 11.5 Å². The summed E-state index contributed by atoms with van der Waals surface area (Å²) in [4.78, 5) is 5.32. The van der Waals surface area contributed by atoms with E-state index >= 15 is 0 Å². The molecule has 2 aromatic heterocycles. The molecular formula is C16H13ClN2O2S. The Hall–Kier alpha value is -2.11. The average molecular weight is 333 g/mol. The molecule has 0 spiro atoms. The summed E-state index contributed by atoms with van der Waals surface area (Å²) in [5.74, 6) is 1.40. The highest BCUT2D eigenvalue weighted by atomic mass is 35.5. The Balaban J connectivity index is 1.94. The van der Waals surface area contributed by atoms with E-state index in [1.807, 2.05) is 24.4 Å². The molecule has 3 aromatic rings. The fraction of sp³-hybridized carbons (Fsp3) is 0.125. The summed E-state index contributed by atoms with van der Waals surface area (Å²) in [5.41, 5.74) is 0.666. The first-order valence-electron chi connectivity index (χ1n) is 6.63. The van der Waals surface area contributed by atoms with Gasteiger partial charge in [0, 0.05) is 27.9 Å². The lowest BCUT2D eigenvalue weighted by molar-refractivity contribution is 0.318. The number of hydrogen-bond donors (Lipinski definition) is 1. The second kappa shape index (κ2) is 6.34. The number of pyridine rings is 1. The molecule has 0 amide bonds. The van der Waals surface area contributed by atoms with E-state index in [2.05, 4.69) is 10.1 Å². The first-order chi connectivity index (χ1) is 10.7. The molecule has 0 fully saturated rings. The predicted molar refractivity (Wildman–Crippen MR) is 89.7 cm³/mol. The third-order valence-corrected chi connectivity index (χ3v) is 4.42. The Morgan fingerprint density at radius 1 is 1.32 bits per heavy atom. The molecule has 0 bridgehead atoms. The molecule has 0 aliphatic rings. The van der Waals surface area contributed by atoms with Gasteiger partial charge in [0.1, 0.15) is 5.75 Å². The van der Waals surface area contributed by atoms with E-state index in [0.717, 1.165) is 15.0 Å². The molecule has 0 radical (unpaired) electrons. The molecule has 0 unspecified atom stereocenters. The molecule has 0 saturated carbocycles. The maximum atomic E-state index is 8.79. The second-order valence-electron chi connectivity index (χ2n) is 4.83. The summed E-state index contributed by atoms with van der Waals surface area (Å²) < 4.78 is 6.93. The standard InChI is InChI=1S/C16H13ClN2O2S/c1-10(19-20)6-13-7-14-15(8-18-9-16(14)22-13)21-12-4-2-11(17)3-5-12/h2-5,7-9,20H,6H2,1H3. The zero-order valence-corrected chi connectivity index (χ0v) is 13.4. The van der Waals surface area contributed by atoms with Crippen molar-refractivity contribution in [2.75, 3.05) is 0 Å². The van der Waals surface area contributed by atoms with Crippen LogP contribution in [0.3, 0.4) is 0 Å². The van der Waals surface area contributed by atoms with Gasteiger partial charge in [0.05, 0.1) is 16.6 Å². The minimum Gasteiger partial charge on any atom is -0.455 e. The largest absolute Gasteiger partial charge is 0.455 e. The van der Waals surface area contributed by atoms with Gasteiger partial charge in [-0.05, 0) is 37.3 Å². The first kappa shape index (κ1) is 14.8. The molecule has 1 aromatic carbocycles. The third kappa shape index (κ3) is 3.21. The quantitative estimate of drug-likeness (QED) is 0.409. The van der Waals surface area contributed by atoms with Gasteiger partial charge in [-0.2, -0.15) is 0 Å². The molecule has 1 N–H and O–H groups in total. The van der Waals surface area contributed by atoms with Gasteiger partial charge in [-0.1, -0.05) is 16.8 Å². The zero-order valence-electron chi connectivity index (χ0n) is 11.8. The Morgan fingerprint density at radius 2 is 2.09 bits per heavy atom. The topological polar surface area (TPSA) is 54.7 Å². The van der Waals surface area contributed by atoms with Gasteiger partial charge in [0.15, 0.2) is 5.75 Å². The van der Waals surface area contributed by atoms with Crippen molar-refractivity contribution in [1.29, 1.82) is 0 Å². The maximum absolute atomic E-state index is 8.79. The van der Waals surface area contributed by atoms with Crippen LogP contribution in [0.2, 0.25) is 5.02 Å². The SMILES string of the molecule is CC(Cc1cc2c(Oc3ccc(Cl)cc3)cncc2s1)=NO. The number of fused-ring (bicyclic) bond motifs is 1. The Bertz CT molecular complexity index is 828. The van der Waals surface area contributed by atoms with E-state index < -0.39 is 0 Å². The fourth-order valence-electron chi connectivity index (χ4n) is 2.07. The van der Waals surface area contributed by atoms with Crippen LogP contribution < -0.4 is 4.74 Å². The van der Waals surface area contributed by atoms with Crippen LogP contribution in [0.4, 0.5) is 0 Å². The molecule has 22 heavy (non-hydrogen) atoms. The minimum absolute atomic E-state index is 0.607. The lowest BCUT2D eigenvalue weighted by atomic mass is 10.2. The Kier molecular flexibility index (Phi) is 4.27. The Labute approximate surface area is 136 Å². The summed E-state index contributed by atoms with van der Waals surface area (Å²) in [6, 6.07) is 9.24. The van der Waals surface area contributed by atoms with Crippen molar-refractivity contribution in [1.82, 2.24) is 4.98 Å². The summed E-state index contributed by atoms with van der Waals surface area (Å²) in [6.07, 6.45) is 4.11. The molecular weight excluding hydrogens is 320 g/mol. The van der Waals surface area contributed by atoms with Crippen molar-refractivity contribution in [3.63, 3.8) is 0 Å². The summed E-state index contributed by atoms with van der Waals surface area (Å²) in [5, 5.41) is 13.7. The highest BCUT2D eigenvalue weighted by Gasteiger charge is 2.10. The van der Waals surface area contributed by atoms with Crippen molar-refractivity contribution >= 4 is 38.7 Å². The molecule has 0 aliphatic carbocycles. The van der Waals surface area contributed by atoms with Gasteiger partial charge in [-0.3, -0.25) is 4.98 Å². The highest BCUT2D eigenvalue weighted by molar-refractivity contribution is 7.19.